The summed E-state index contributed by atoms with van der Waals surface area (Å²) in [6.07, 6.45) is 1.55. The van der Waals surface area contributed by atoms with Crippen LogP contribution in [0.5, 0.6) is 0 Å². The molecule has 0 atom stereocenters. The zero-order valence-corrected chi connectivity index (χ0v) is 14.1. The number of thioether (sulfide) groups is 1. The quantitative estimate of drug-likeness (QED) is 0.715. The Morgan fingerprint density at radius 3 is 3.18 bits per heavy atom. The van der Waals surface area contributed by atoms with Gasteiger partial charge in [0.05, 0.1) is 22.8 Å². The van der Waals surface area contributed by atoms with Crippen LogP contribution in [0.2, 0.25) is 5.02 Å². The van der Waals surface area contributed by atoms with Gasteiger partial charge in [0, 0.05) is 18.1 Å². The molecule has 22 heavy (non-hydrogen) atoms. The molecule has 0 fully saturated rings. The molecule has 0 saturated heterocycles. The van der Waals surface area contributed by atoms with Crippen molar-refractivity contribution in [1.29, 1.82) is 0 Å². The second kappa shape index (κ2) is 6.68. The third-order valence-electron chi connectivity index (χ3n) is 3.01. The van der Waals surface area contributed by atoms with Gasteiger partial charge in [0.15, 0.2) is 10.8 Å². The fraction of sp³-hybridized carbons (Fsp3) is 0.214. The minimum Gasteiger partial charge on any atom is -0.340 e. The predicted octanol–water partition coefficient (Wildman–Crippen LogP) is 3.42. The van der Waals surface area contributed by atoms with Crippen molar-refractivity contribution < 1.29 is 4.79 Å². The van der Waals surface area contributed by atoms with Gasteiger partial charge in [-0.2, -0.15) is 0 Å². The van der Waals surface area contributed by atoms with Crippen LogP contribution in [-0.4, -0.2) is 38.6 Å². The van der Waals surface area contributed by atoms with Gasteiger partial charge in [0.25, 0.3) is 0 Å². The molecule has 0 aliphatic heterocycles. The van der Waals surface area contributed by atoms with Crippen molar-refractivity contribution in [3.8, 4) is 0 Å². The van der Waals surface area contributed by atoms with Crippen LogP contribution in [0, 0.1) is 0 Å². The van der Waals surface area contributed by atoms with Crippen LogP contribution >= 0.6 is 34.7 Å². The Morgan fingerprint density at radius 1 is 1.55 bits per heavy atom. The van der Waals surface area contributed by atoms with E-state index in [9.17, 15) is 4.79 Å². The summed E-state index contributed by atoms with van der Waals surface area (Å²) in [6, 6.07) is 5.78. The van der Waals surface area contributed by atoms with E-state index >= 15 is 0 Å². The summed E-state index contributed by atoms with van der Waals surface area (Å²) in [5, 5.41) is 3.23. The zero-order chi connectivity index (χ0) is 15.5. The molecule has 3 aromatic heterocycles. The van der Waals surface area contributed by atoms with Gasteiger partial charge in [-0.05, 0) is 17.5 Å². The van der Waals surface area contributed by atoms with Gasteiger partial charge >= 0.3 is 0 Å². The van der Waals surface area contributed by atoms with Crippen LogP contribution in [-0.2, 0) is 11.3 Å². The van der Waals surface area contributed by atoms with Crippen molar-refractivity contribution in [1.82, 2.24) is 19.9 Å². The van der Waals surface area contributed by atoms with Crippen molar-refractivity contribution in [3.63, 3.8) is 0 Å². The minimum atomic E-state index is 0.0600. The number of rotatable bonds is 5. The Bertz CT molecular complexity index is 787. The Hall–Kier alpha value is -1.57. The summed E-state index contributed by atoms with van der Waals surface area (Å²) in [5.41, 5.74) is 1.38. The largest absolute Gasteiger partial charge is 0.340 e. The summed E-state index contributed by atoms with van der Waals surface area (Å²) in [4.78, 5) is 26.6. The summed E-state index contributed by atoms with van der Waals surface area (Å²) >= 11 is 8.90. The first kappa shape index (κ1) is 15.3. The molecule has 1 amide bonds. The van der Waals surface area contributed by atoms with E-state index in [4.69, 9.17) is 11.6 Å². The molecular weight excluding hydrogens is 340 g/mol. The molecular formula is C14H13ClN4OS2. The number of imidazole rings is 1. The second-order valence-electron chi connectivity index (χ2n) is 4.68. The Labute approximate surface area is 140 Å². The van der Waals surface area contributed by atoms with Crippen LogP contribution in [0.1, 0.15) is 4.88 Å². The maximum Gasteiger partial charge on any atom is 0.233 e. The molecule has 0 spiro atoms. The van der Waals surface area contributed by atoms with Crippen LogP contribution in [0.15, 0.2) is 34.9 Å². The number of aromatic nitrogens is 3. The molecule has 0 unspecified atom stereocenters. The van der Waals surface area contributed by atoms with E-state index in [0.717, 1.165) is 5.52 Å². The normalized spacial score (nSPS) is 11.0. The Balaban J connectivity index is 1.59. The number of pyridine rings is 1. The number of hydrogen-bond donors (Lipinski definition) is 1. The van der Waals surface area contributed by atoms with Gasteiger partial charge in [-0.3, -0.25) is 4.79 Å². The molecule has 0 bridgehead atoms. The average Bonchev–Trinajstić information content (AvgIpc) is 3.13. The molecule has 3 heterocycles. The monoisotopic (exact) mass is 352 g/mol. The van der Waals surface area contributed by atoms with Crippen molar-refractivity contribution in [2.24, 2.45) is 0 Å². The fourth-order valence-electron chi connectivity index (χ4n) is 1.89. The van der Waals surface area contributed by atoms with E-state index in [1.165, 1.54) is 16.6 Å². The molecule has 5 nitrogen and oxygen atoms in total. The highest BCUT2D eigenvalue weighted by Gasteiger charge is 2.12. The summed E-state index contributed by atoms with van der Waals surface area (Å²) in [7, 11) is 1.81. The summed E-state index contributed by atoms with van der Waals surface area (Å²) in [6.45, 7) is 0.633. The molecule has 0 aliphatic rings. The van der Waals surface area contributed by atoms with E-state index in [1.54, 1.807) is 28.5 Å². The first-order chi connectivity index (χ1) is 10.6. The van der Waals surface area contributed by atoms with Crippen LogP contribution in [0.3, 0.4) is 0 Å². The number of aromatic amines is 1. The average molecular weight is 353 g/mol. The van der Waals surface area contributed by atoms with E-state index in [1.807, 2.05) is 24.6 Å². The number of nitrogens with one attached hydrogen (secondary N) is 1. The summed E-state index contributed by atoms with van der Waals surface area (Å²) < 4.78 is 0. The Morgan fingerprint density at radius 2 is 2.41 bits per heavy atom. The van der Waals surface area contributed by atoms with Gasteiger partial charge < -0.3 is 9.88 Å². The number of carbonyl (C=O) groups is 1. The van der Waals surface area contributed by atoms with Crippen molar-refractivity contribution in [3.05, 3.63) is 39.7 Å². The lowest BCUT2D eigenvalue weighted by atomic mass is 10.4. The second-order valence-corrected chi connectivity index (χ2v) is 7.12. The van der Waals surface area contributed by atoms with Gasteiger partial charge in [-0.15, -0.1) is 11.3 Å². The number of amides is 1. The van der Waals surface area contributed by atoms with Gasteiger partial charge in [0.2, 0.25) is 5.91 Å². The topological polar surface area (TPSA) is 61.9 Å². The lowest BCUT2D eigenvalue weighted by Gasteiger charge is -2.15. The van der Waals surface area contributed by atoms with Crippen LogP contribution in [0.4, 0.5) is 0 Å². The van der Waals surface area contributed by atoms with E-state index < -0.39 is 0 Å². The Kier molecular flexibility index (Phi) is 4.66. The number of fused-ring (bicyclic) bond motifs is 1. The number of nitrogens with zero attached hydrogens (tertiary/aromatic N) is 3. The summed E-state index contributed by atoms with van der Waals surface area (Å²) in [5.74, 6) is 0.389. The SMILES string of the molecule is CN(Cc1cccs1)C(=O)CSc1nc2ncc(Cl)cc2[nH]1. The maximum absolute atomic E-state index is 12.1. The van der Waals surface area contributed by atoms with Crippen LogP contribution < -0.4 is 0 Å². The van der Waals surface area contributed by atoms with Crippen molar-refractivity contribution in [2.45, 2.75) is 11.7 Å². The highest BCUT2D eigenvalue weighted by molar-refractivity contribution is 7.99. The van der Waals surface area contributed by atoms with Gasteiger partial charge in [-0.1, -0.05) is 29.4 Å². The smallest absolute Gasteiger partial charge is 0.233 e. The standard InChI is InChI=1S/C14H13ClN4OS2/c1-19(7-10-3-2-4-21-10)12(20)8-22-14-17-11-5-9(15)6-16-13(11)18-14/h2-6H,7-8H2,1H3,(H,16,17,18). The lowest BCUT2D eigenvalue weighted by molar-refractivity contribution is -0.127. The number of H-pyrrole nitrogens is 1. The highest BCUT2D eigenvalue weighted by Crippen LogP contribution is 2.21. The number of carbonyl (C=O) groups excluding carboxylic acids is 1. The first-order valence-corrected chi connectivity index (χ1v) is 8.76. The minimum absolute atomic E-state index is 0.0600. The highest BCUT2D eigenvalue weighted by atomic mass is 35.5. The van der Waals surface area contributed by atoms with Crippen LogP contribution in [0.25, 0.3) is 11.2 Å². The predicted molar refractivity (Wildman–Crippen MR) is 90.4 cm³/mol. The molecule has 0 aliphatic carbocycles. The number of thiophene rings is 1. The van der Waals surface area contributed by atoms with E-state index in [2.05, 4.69) is 15.0 Å². The fourth-order valence-corrected chi connectivity index (χ4v) is 3.61. The first-order valence-electron chi connectivity index (χ1n) is 6.52. The molecule has 3 rings (SSSR count). The van der Waals surface area contributed by atoms with Crippen molar-refractivity contribution >= 4 is 51.8 Å². The zero-order valence-electron chi connectivity index (χ0n) is 11.7. The van der Waals surface area contributed by atoms with E-state index in [0.29, 0.717) is 28.1 Å². The van der Waals surface area contributed by atoms with Crippen molar-refractivity contribution in [2.75, 3.05) is 12.8 Å². The number of halogens is 1. The molecule has 114 valence electrons. The molecule has 0 saturated carbocycles. The molecule has 0 radical (unpaired) electrons. The third-order valence-corrected chi connectivity index (χ3v) is 4.94. The third kappa shape index (κ3) is 3.60. The molecule has 0 aromatic carbocycles. The molecule has 1 N–H and O–H groups in total. The lowest BCUT2D eigenvalue weighted by Crippen LogP contribution is -2.27. The van der Waals surface area contributed by atoms with E-state index in [-0.39, 0.29) is 5.91 Å². The molecule has 8 heteroatoms. The maximum atomic E-state index is 12.1. The van der Waals surface area contributed by atoms with Gasteiger partial charge in [0.1, 0.15) is 0 Å². The number of hydrogen-bond acceptors (Lipinski definition) is 5. The molecule has 3 aromatic rings. The van der Waals surface area contributed by atoms with Gasteiger partial charge in [-0.25, -0.2) is 9.97 Å².